The van der Waals surface area contributed by atoms with Crippen LogP contribution in [0.3, 0.4) is 0 Å². The topological polar surface area (TPSA) is 305 Å². The molecule has 0 aromatic rings. The Balaban J connectivity index is 1.50. The number of carbonyl (C=O) groups is 1. The second-order valence-electron chi connectivity index (χ2n) is 12.5. The molecule has 4 rings (SSSR count). The van der Waals surface area contributed by atoms with Crippen molar-refractivity contribution >= 4 is 11.9 Å². The first-order valence-electron chi connectivity index (χ1n) is 15.2. The third-order valence-corrected chi connectivity index (χ3v) is 8.76. The van der Waals surface area contributed by atoms with E-state index in [-0.39, 0.29) is 26.1 Å². The zero-order valence-electron chi connectivity index (χ0n) is 25.6. The number of amides is 1. The minimum atomic E-state index is -1.86. The van der Waals surface area contributed by atoms with Crippen molar-refractivity contribution in [2.24, 2.45) is 17.2 Å². The van der Waals surface area contributed by atoms with Crippen molar-refractivity contribution in [3.63, 3.8) is 0 Å². The van der Waals surface area contributed by atoms with Crippen molar-refractivity contribution in [1.82, 2.24) is 21.3 Å². The van der Waals surface area contributed by atoms with Crippen molar-refractivity contribution in [1.29, 1.82) is 5.41 Å². The number of ether oxygens (including phenoxy) is 4. The first-order chi connectivity index (χ1) is 21.2. The van der Waals surface area contributed by atoms with E-state index in [0.29, 0.717) is 31.7 Å². The lowest BCUT2D eigenvalue weighted by molar-refractivity contribution is -0.304. The minimum Gasteiger partial charge on any atom is -0.467 e. The number of aliphatic hydroxyl groups is 5. The molecule has 2 heterocycles. The highest BCUT2D eigenvalue weighted by molar-refractivity contribution is 5.91. The van der Waals surface area contributed by atoms with E-state index in [4.69, 9.17) is 46.7 Å². The minimum absolute atomic E-state index is 0.00198. The number of aliphatic hydroxyl groups excluding tert-OH is 3. The van der Waals surface area contributed by atoms with Gasteiger partial charge in [-0.3, -0.25) is 10.2 Å². The molecule has 0 aromatic carbocycles. The fraction of sp³-hybridized carbons (Fsp3) is 0.852. The number of hydrogen-bond donors (Lipinski definition) is 13. The molecule has 4 aliphatic rings. The number of hydrogen-bond acceptors (Lipinski definition) is 15. The normalized spacial score (nSPS) is 43.1. The highest BCUT2D eigenvalue weighted by atomic mass is 16.7. The van der Waals surface area contributed by atoms with Crippen molar-refractivity contribution in [3.8, 4) is 0 Å². The quantitative estimate of drug-likeness (QED) is 0.0504. The van der Waals surface area contributed by atoms with E-state index in [0.717, 1.165) is 0 Å². The van der Waals surface area contributed by atoms with Crippen LogP contribution in [0.25, 0.3) is 0 Å². The predicted octanol–water partition coefficient (Wildman–Crippen LogP) is -5.69. The van der Waals surface area contributed by atoms with Crippen LogP contribution >= 0.6 is 0 Å². The van der Waals surface area contributed by atoms with Crippen LogP contribution in [0.4, 0.5) is 0 Å². The lowest BCUT2D eigenvalue weighted by Gasteiger charge is -2.49. The maximum Gasteiger partial charge on any atom is 0.254 e. The first-order valence-corrected chi connectivity index (χ1v) is 15.2. The van der Waals surface area contributed by atoms with Gasteiger partial charge in [0.1, 0.15) is 35.8 Å². The lowest BCUT2D eigenvalue weighted by atomic mass is 9.83. The van der Waals surface area contributed by atoms with Crippen LogP contribution < -0.4 is 38.5 Å². The van der Waals surface area contributed by atoms with Gasteiger partial charge in [0.25, 0.3) is 5.91 Å². The van der Waals surface area contributed by atoms with Gasteiger partial charge in [0.05, 0.1) is 37.3 Å². The van der Waals surface area contributed by atoms with Crippen molar-refractivity contribution in [3.05, 3.63) is 11.8 Å². The third kappa shape index (κ3) is 8.21. The molecule has 0 spiro atoms. The Morgan fingerprint density at radius 3 is 2.51 bits per heavy atom. The van der Waals surface area contributed by atoms with Crippen LogP contribution in [0.15, 0.2) is 11.8 Å². The van der Waals surface area contributed by atoms with Crippen molar-refractivity contribution < 1.29 is 49.3 Å². The highest BCUT2D eigenvalue weighted by Crippen LogP contribution is 2.37. The fourth-order valence-electron chi connectivity index (χ4n) is 6.09. The molecule has 0 radical (unpaired) electrons. The molecule has 16 N–H and O–H groups in total. The highest BCUT2D eigenvalue weighted by Gasteiger charge is 2.61. The number of rotatable bonds is 13. The van der Waals surface area contributed by atoms with Gasteiger partial charge in [0, 0.05) is 19.1 Å². The van der Waals surface area contributed by atoms with E-state index in [2.05, 4.69) is 21.3 Å². The zero-order chi connectivity index (χ0) is 33.1. The van der Waals surface area contributed by atoms with Crippen LogP contribution in [-0.4, -0.2) is 149 Å². The molecule has 1 saturated heterocycles. The van der Waals surface area contributed by atoms with Gasteiger partial charge < -0.3 is 82.9 Å². The summed E-state index contributed by atoms with van der Waals surface area (Å²) in [6.45, 7) is 2.30. The second kappa shape index (κ2) is 14.7. The average molecular weight is 647 g/mol. The molecule has 18 heteroatoms. The Morgan fingerprint density at radius 2 is 1.84 bits per heavy atom. The average Bonchev–Trinajstić information content (AvgIpc) is 3.63. The molecule has 2 aliphatic carbocycles. The van der Waals surface area contributed by atoms with Gasteiger partial charge in [0.15, 0.2) is 17.9 Å². The zero-order valence-corrected chi connectivity index (χ0v) is 25.6. The van der Waals surface area contributed by atoms with Gasteiger partial charge in [-0.1, -0.05) is 0 Å². The van der Waals surface area contributed by atoms with Gasteiger partial charge in [0.2, 0.25) is 6.29 Å². The van der Waals surface area contributed by atoms with Crippen molar-refractivity contribution in [2.75, 3.05) is 33.4 Å². The Kier molecular flexibility index (Phi) is 11.6. The van der Waals surface area contributed by atoms with E-state index in [1.807, 2.05) is 6.08 Å². The summed E-state index contributed by atoms with van der Waals surface area (Å²) in [5.41, 5.74) is 14.8. The molecule has 0 bridgehead atoms. The Hall–Kier alpha value is -2.20. The number of likely N-dealkylation sites (N-methyl/N-ethyl adjacent to an activating group) is 1. The molecule has 45 heavy (non-hydrogen) atoms. The summed E-state index contributed by atoms with van der Waals surface area (Å²) in [5.74, 6) is -0.617. The largest absolute Gasteiger partial charge is 0.467 e. The monoisotopic (exact) mass is 646 g/mol. The summed E-state index contributed by atoms with van der Waals surface area (Å²) in [5, 5.41) is 71.8. The summed E-state index contributed by atoms with van der Waals surface area (Å²) in [6.07, 6.45) is -4.70. The molecule has 0 aromatic heterocycles. The van der Waals surface area contributed by atoms with Gasteiger partial charge >= 0.3 is 0 Å². The number of nitrogens with one attached hydrogen (secondary N) is 5. The van der Waals surface area contributed by atoms with Crippen LogP contribution in [-0.2, 0) is 23.7 Å². The Bertz CT molecular complexity index is 1070. The number of guanidine groups is 1. The Labute approximate surface area is 261 Å². The SMILES string of the molecule is CN[C@@H]1[C@@H](O)[C@@H](O[C@H]2[C@H](NC(=O)C3(O)CC3NC(=N)N)C[C@H](N)C(O[C@H]3OC(CNCCCO)=CC[C@H]3N)[C@@H]2O)OC[C@]1(C)O. The van der Waals surface area contributed by atoms with Gasteiger partial charge in [-0.15, -0.1) is 0 Å². The van der Waals surface area contributed by atoms with Crippen LogP contribution in [0.1, 0.15) is 32.6 Å². The van der Waals surface area contributed by atoms with Crippen LogP contribution in [0.2, 0.25) is 0 Å². The number of nitrogens with two attached hydrogens (primary N) is 3. The standard InChI is InChI=1S/C27H50N8O10/c1-26(40)11-42-23(18(38)21(26)32-2)45-20-15(34-24(39)27(41)9-16(27)35-25(30)31)8-14(29)19(17(20)37)44-22-13(28)5-4-12(43-22)10-33-6-3-7-36/h4,13-23,32-33,36-38,40-41H,3,5-11,28-29H2,1-2H3,(H,34,39)(H4,30,31,35)/t13-,14+,15-,16?,17+,18-,19?,20+,21-,22-,23-,26+,27?/m1/s1. The van der Waals surface area contributed by atoms with Crippen LogP contribution in [0.5, 0.6) is 0 Å². The summed E-state index contributed by atoms with van der Waals surface area (Å²) in [4.78, 5) is 13.2. The molecular formula is C27H50N8O10. The molecule has 3 unspecified atom stereocenters. The van der Waals surface area contributed by atoms with Gasteiger partial charge in [-0.05, 0) is 45.9 Å². The summed E-state index contributed by atoms with van der Waals surface area (Å²) in [7, 11) is 1.56. The summed E-state index contributed by atoms with van der Waals surface area (Å²) < 4.78 is 23.9. The third-order valence-electron chi connectivity index (χ3n) is 8.76. The summed E-state index contributed by atoms with van der Waals surface area (Å²) >= 11 is 0. The molecule has 3 fully saturated rings. The summed E-state index contributed by atoms with van der Waals surface area (Å²) in [6, 6.07) is -4.06. The Morgan fingerprint density at radius 1 is 1.13 bits per heavy atom. The number of carbonyl (C=O) groups excluding carboxylic acids is 1. The molecule has 1 amide bonds. The maximum absolute atomic E-state index is 13.2. The van der Waals surface area contributed by atoms with Gasteiger partial charge in [-0.25, -0.2) is 0 Å². The van der Waals surface area contributed by atoms with E-state index < -0.39 is 90.3 Å². The second-order valence-corrected chi connectivity index (χ2v) is 12.5. The van der Waals surface area contributed by atoms with Crippen LogP contribution in [0, 0.1) is 5.41 Å². The smallest absolute Gasteiger partial charge is 0.254 e. The molecule has 18 nitrogen and oxygen atoms in total. The van der Waals surface area contributed by atoms with Crippen molar-refractivity contribution in [2.45, 2.75) is 111 Å². The lowest BCUT2D eigenvalue weighted by Crippen LogP contribution is -2.69. The van der Waals surface area contributed by atoms with Gasteiger partial charge in [-0.2, -0.15) is 0 Å². The maximum atomic E-state index is 13.2. The van der Waals surface area contributed by atoms with E-state index in [1.54, 1.807) is 7.05 Å². The molecular weight excluding hydrogens is 596 g/mol. The van der Waals surface area contributed by atoms with E-state index >= 15 is 0 Å². The fourth-order valence-corrected chi connectivity index (χ4v) is 6.09. The molecule has 13 atom stereocenters. The van der Waals surface area contributed by atoms with E-state index in [1.165, 1.54) is 6.92 Å². The molecule has 258 valence electrons. The molecule has 2 aliphatic heterocycles. The predicted molar refractivity (Wildman–Crippen MR) is 158 cm³/mol. The van der Waals surface area contributed by atoms with E-state index in [9.17, 15) is 25.2 Å². The molecule has 2 saturated carbocycles. The first kappa shape index (κ1) is 35.7.